The predicted molar refractivity (Wildman–Crippen MR) is 163 cm³/mol. The summed E-state index contributed by atoms with van der Waals surface area (Å²) >= 11 is 0. The molecule has 8 nitrogen and oxygen atoms in total. The second-order valence-electron chi connectivity index (χ2n) is 11.0. The first kappa shape index (κ1) is 27.2. The molecule has 0 radical (unpaired) electrons. The number of ether oxygens (including phenoxy) is 2. The molecule has 0 aromatic heterocycles. The van der Waals surface area contributed by atoms with Gasteiger partial charge in [-0.3, -0.25) is 14.4 Å². The van der Waals surface area contributed by atoms with Gasteiger partial charge in [0, 0.05) is 17.5 Å². The lowest BCUT2D eigenvalue weighted by atomic mass is 9.62. The number of Topliss-reactive ketones (excluding diaryl/α,β-unsaturated/α-hetero) is 2. The zero-order chi connectivity index (χ0) is 30.4. The normalized spacial score (nSPS) is 22.4. The van der Waals surface area contributed by atoms with Gasteiger partial charge in [0.25, 0.3) is 0 Å². The molecule has 1 fully saturated rings. The molecule has 0 bridgehead atoms. The average molecular weight is 582 g/mol. The summed E-state index contributed by atoms with van der Waals surface area (Å²) in [6.07, 6.45) is 3.74. The summed E-state index contributed by atoms with van der Waals surface area (Å²) in [4.78, 5) is 46.2. The Hall–Kier alpha value is -5.68. The molecular weight excluding hydrogens is 554 g/mol. The fraction of sp³-hybridized carbons (Fsp3) is 0.167. The Morgan fingerprint density at radius 3 is 2.45 bits per heavy atom. The number of nitriles is 1. The number of hydrogen-bond donors (Lipinski definition) is 1. The number of carbonyl (C=O) groups excluding carboxylic acids is 3. The van der Waals surface area contributed by atoms with Crippen LogP contribution < -0.4 is 14.8 Å². The SMILES string of the molecule is COc1ccc(C(=O)[C@H]2[C@H](C(=O)c3ccccc3OCC#N)N3C=Cc4ccccc4[C@@H]3[C@]23C(=O)Nc2ccccc23)cc1. The Kier molecular flexibility index (Phi) is 6.51. The number of fused-ring (bicyclic) bond motifs is 6. The van der Waals surface area contributed by atoms with Crippen LogP contribution in [0.1, 0.15) is 43.4 Å². The number of carbonyl (C=O) groups is 3. The van der Waals surface area contributed by atoms with Gasteiger partial charge in [-0.25, -0.2) is 0 Å². The molecule has 1 amide bonds. The zero-order valence-corrected chi connectivity index (χ0v) is 23.8. The van der Waals surface area contributed by atoms with E-state index in [0.717, 1.165) is 11.1 Å². The number of nitrogens with one attached hydrogen (secondary N) is 1. The first-order valence-corrected chi connectivity index (χ1v) is 14.3. The van der Waals surface area contributed by atoms with Gasteiger partial charge < -0.3 is 19.7 Å². The number of rotatable bonds is 7. The van der Waals surface area contributed by atoms with E-state index in [2.05, 4.69) is 5.32 Å². The minimum atomic E-state index is -1.45. The van der Waals surface area contributed by atoms with E-state index in [1.807, 2.05) is 71.8 Å². The summed E-state index contributed by atoms with van der Waals surface area (Å²) in [5.41, 5.74) is 2.18. The zero-order valence-electron chi connectivity index (χ0n) is 23.8. The van der Waals surface area contributed by atoms with Crippen molar-refractivity contribution in [2.75, 3.05) is 19.0 Å². The van der Waals surface area contributed by atoms with E-state index in [9.17, 15) is 19.6 Å². The molecule has 1 spiro atoms. The summed E-state index contributed by atoms with van der Waals surface area (Å²) in [5.74, 6) is -1.36. The minimum Gasteiger partial charge on any atom is -0.497 e. The molecular formula is C36H27N3O5. The molecule has 3 heterocycles. The molecule has 4 atom stereocenters. The molecule has 216 valence electrons. The van der Waals surface area contributed by atoms with Gasteiger partial charge in [-0.1, -0.05) is 54.6 Å². The highest BCUT2D eigenvalue weighted by atomic mass is 16.5. The third kappa shape index (κ3) is 3.86. The van der Waals surface area contributed by atoms with Crippen LogP contribution in [0.5, 0.6) is 11.5 Å². The Morgan fingerprint density at radius 1 is 0.932 bits per heavy atom. The van der Waals surface area contributed by atoms with Gasteiger partial charge in [-0.15, -0.1) is 0 Å². The molecule has 3 aliphatic rings. The van der Waals surface area contributed by atoms with Crippen molar-refractivity contribution >= 4 is 29.2 Å². The van der Waals surface area contributed by atoms with Crippen LogP contribution in [0.15, 0.2) is 103 Å². The number of benzene rings is 4. The summed E-state index contributed by atoms with van der Waals surface area (Å²) in [6.45, 7) is -0.248. The van der Waals surface area contributed by atoms with E-state index in [1.165, 1.54) is 0 Å². The molecule has 1 N–H and O–H groups in total. The molecule has 0 aliphatic carbocycles. The molecule has 1 saturated heterocycles. The van der Waals surface area contributed by atoms with Crippen LogP contribution in [0.25, 0.3) is 6.08 Å². The maximum Gasteiger partial charge on any atom is 0.238 e. The van der Waals surface area contributed by atoms with Gasteiger partial charge in [0.2, 0.25) is 5.91 Å². The van der Waals surface area contributed by atoms with Crippen LogP contribution in [0.2, 0.25) is 0 Å². The van der Waals surface area contributed by atoms with E-state index in [0.29, 0.717) is 22.6 Å². The molecule has 44 heavy (non-hydrogen) atoms. The fourth-order valence-electron chi connectivity index (χ4n) is 7.17. The Bertz CT molecular complexity index is 1890. The Morgan fingerprint density at radius 2 is 1.66 bits per heavy atom. The summed E-state index contributed by atoms with van der Waals surface area (Å²) in [6, 6.07) is 28.8. The van der Waals surface area contributed by atoms with Crippen molar-refractivity contribution in [3.63, 3.8) is 0 Å². The van der Waals surface area contributed by atoms with Crippen LogP contribution in [0, 0.1) is 17.2 Å². The Balaban J connectivity index is 1.51. The van der Waals surface area contributed by atoms with Crippen LogP contribution in [-0.4, -0.2) is 42.1 Å². The van der Waals surface area contributed by atoms with Gasteiger partial charge in [-0.2, -0.15) is 5.26 Å². The number of hydrogen-bond acceptors (Lipinski definition) is 7. The second-order valence-corrected chi connectivity index (χ2v) is 11.0. The van der Waals surface area contributed by atoms with Crippen molar-refractivity contribution < 1.29 is 23.9 Å². The first-order valence-electron chi connectivity index (χ1n) is 14.3. The number of amides is 1. The van der Waals surface area contributed by atoms with Crippen molar-refractivity contribution in [3.05, 3.63) is 131 Å². The lowest BCUT2D eigenvalue weighted by molar-refractivity contribution is -0.122. The summed E-state index contributed by atoms with van der Waals surface area (Å²) in [7, 11) is 1.55. The van der Waals surface area contributed by atoms with Gasteiger partial charge in [-0.05, 0) is 65.2 Å². The highest BCUT2D eigenvalue weighted by molar-refractivity contribution is 6.17. The predicted octanol–water partition coefficient (Wildman–Crippen LogP) is 5.58. The van der Waals surface area contributed by atoms with Crippen molar-refractivity contribution in [2.45, 2.75) is 17.5 Å². The average Bonchev–Trinajstić information content (AvgIpc) is 3.55. The highest BCUT2D eigenvalue weighted by Gasteiger charge is 2.70. The van der Waals surface area contributed by atoms with Crippen LogP contribution in [0.3, 0.4) is 0 Å². The molecule has 4 aromatic carbocycles. The van der Waals surface area contributed by atoms with Crippen molar-refractivity contribution in [2.24, 2.45) is 5.92 Å². The van der Waals surface area contributed by atoms with E-state index >= 15 is 0 Å². The number of anilines is 1. The van der Waals surface area contributed by atoms with Crippen molar-refractivity contribution in [1.29, 1.82) is 5.26 Å². The van der Waals surface area contributed by atoms with Gasteiger partial charge in [0.05, 0.1) is 24.6 Å². The third-order valence-electron chi connectivity index (χ3n) is 8.94. The molecule has 0 saturated carbocycles. The molecule has 7 rings (SSSR count). The standard InChI is InChI=1S/C36H27N3O5/c1-43-24-16-14-23(15-17-24)32(40)30-31(33(41)26-10-4-7-13-29(26)44-21-19-37)39-20-18-22-8-2-3-9-25(22)34(39)36(30)27-11-5-6-12-28(27)38-35(36)42/h2-18,20,30-31,34H,21H2,1H3,(H,38,42)/t30-,31-,34-,36-/m1/s1. The van der Waals surface area contributed by atoms with E-state index in [4.69, 9.17) is 9.47 Å². The number of nitrogens with zero attached hydrogens (tertiary/aromatic N) is 2. The third-order valence-corrected chi connectivity index (χ3v) is 8.94. The monoisotopic (exact) mass is 581 g/mol. The summed E-state index contributed by atoms with van der Waals surface area (Å²) in [5, 5.41) is 12.2. The maximum atomic E-state index is 14.9. The second kappa shape index (κ2) is 10.5. The van der Waals surface area contributed by atoms with E-state index < -0.39 is 23.4 Å². The number of methoxy groups -OCH3 is 1. The van der Waals surface area contributed by atoms with Crippen molar-refractivity contribution in [3.8, 4) is 17.6 Å². The van der Waals surface area contributed by atoms with E-state index in [1.54, 1.807) is 55.6 Å². The van der Waals surface area contributed by atoms with E-state index in [-0.39, 0.29) is 35.4 Å². The van der Waals surface area contributed by atoms with Crippen molar-refractivity contribution in [1.82, 2.24) is 4.90 Å². The molecule has 8 heteroatoms. The first-order chi connectivity index (χ1) is 21.5. The van der Waals surface area contributed by atoms with Gasteiger partial charge >= 0.3 is 0 Å². The minimum absolute atomic E-state index is 0.232. The highest BCUT2D eigenvalue weighted by Crippen LogP contribution is 2.62. The van der Waals surface area contributed by atoms with Crippen LogP contribution >= 0.6 is 0 Å². The lowest BCUT2D eigenvalue weighted by Gasteiger charge is -2.38. The largest absolute Gasteiger partial charge is 0.497 e. The van der Waals surface area contributed by atoms with Crippen LogP contribution in [0.4, 0.5) is 5.69 Å². The number of ketones is 2. The smallest absolute Gasteiger partial charge is 0.238 e. The fourth-order valence-corrected chi connectivity index (χ4v) is 7.17. The topological polar surface area (TPSA) is 109 Å². The lowest BCUT2D eigenvalue weighted by Crippen LogP contribution is -2.49. The maximum absolute atomic E-state index is 14.9. The summed E-state index contributed by atoms with van der Waals surface area (Å²) < 4.78 is 11.0. The molecule has 3 aliphatic heterocycles. The molecule has 0 unspecified atom stereocenters. The van der Waals surface area contributed by atoms with Gasteiger partial charge in [0.15, 0.2) is 18.2 Å². The number of para-hydroxylation sites is 2. The van der Waals surface area contributed by atoms with Gasteiger partial charge in [0.1, 0.15) is 29.0 Å². The molecule has 4 aromatic rings. The van der Waals surface area contributed by atoms with Crippen LogP contribution in [-0.2, 0) is 10.2 Å². The quantitative estimate of drug-likeness (QED) is 0.284. The Labute approximate surface area is 254 Å².